The molecule has 3 aromatic rings. The van der Waals surface area contributed by atoms with E-state index >= 15 is 0 Å². The lowest BCUT2D eigenvalue weighted by atomic mass is 10.3. The summed E-state index contributed by atoms with van der Waals surface area (Å²) in [6.45, 7) is 0. The van der Waals surface area contributed by atoms with Crippen molar-refractivity contribution in [3.63, 3.8) is 0 Å². The fourth-order valence-corrected chi connectivity index (χ4v) is 1.62. The Morgan fingerprint density at radius 2 is 1.68 bits per heavy atom. The number of aromatic nitrogens is 3. The smallest absolute Gasteiger partial charge is 0.213 e. The van der Waals surface area contributed by atoms with E-state index < -0.39 is 0 Å². The fourth-order valence-electron chi connectivity index (χ4n) is 1.62. The molecule has 0 aliphatic carbocycles. The van der Waals surface area contributed by atoms with E-state index in [9.17, 15) is 5.11 Å². The van der Waals surface area contributed by atoms with Crippen LogP contribution < -0.4 is 15.2 Å². The molecule has 3 heterocycles. The summed E-state index contributed by atoms with van der Waals surface area (Å²) in [7, 11) is 3.10. The maximum atomic E-state index is 9.43. The van der Waals surface area contributed by atoms with E-state index in [1.807, 2.05) is 0 Å². The van der Waals surface area contributed by atoms with E-state index in [1.165, 1.54) is 19.4 Å². The number of anilines is 1. The number of hydrogen-bond donors (Lipinski definition) is 2. The first kappa shape index (κ1) is 15.3. The molecule has 7 nitrogen and oxygen atoms in total. The maximum absolute atomic E-state index is 9.43. The van der Waals surface area contributed by atoms with E-state index in [0.717, 1.165) is 0 Å². The molecule has 3 rings (SSSR count). The maximum Gasteiger partial charge on any atom is 0.213 e. The van der Waals surface area contributed by atoms with Gasteiger partial charge in [-0.1, -0.05) is 0 Å². The van der Waals surface area contributed by atoms with Gasteiger partial charge in [0.1, 0.15) is 11.3 Å². The Morgan fingerprint density at radius 3 is 2.32 bits per heavy atom. The van der Waals surface area contributed by atoms with Gasteiger partial charge < -0.3 is 20.3 Å². The highest BCUT2D eigenvalue weighted by molar-refractivity contribution is 5.80. The van der Waals surface area contributed by atoms with Crippen LogP contribution in [0.3, 0.4) is 0 Å². The minimum absolute atomic E-state index is 0.115. The monoisotopic (exact) mass is 300 g/mol. The van der Waals surface area contributed by atoms with Gasteiger partial charge >= 0.3 is 0 Å². The molecule has 0 saturated carbocycles. The minimum atomic E-state index is 0.115. The molecule has 0 amide bonds. The summed E-state index contributed by atoms with van der Waals surface area (Å²) in [6.07, 6.45) is 3.09. The van der Waals surface area contributed by atoms with Crippen LogP contribution in [0.15, 0.2) is 42.7 Å². The lowest BCUT2D eigenvalue weighted by molar-refractivity contribution is 0.398. The highest BCUT2D eigenvalue weighted by Crippen LogP contribution is 2.22. The van der Waals surface area contributed by atoms with Crippen LogP contribution in [0.2, 0.25) is 0 Å². The van der Waals surface area contributed by atoms with Crippen LogP contribution in [-0.2, 0) is 0 Å². The molecule has 0 bridgehead atoms. The van der Waals surface area contributed by atoms with E-state index in [1.54, 1.807) is 37.6 Å². The van der Waals surface area contributed by atoms with Gasteiger partial charge in [0.2, 0.25) is 11.8 Å². The predicted octanol–water partition coefficient (Wildman–Crippen LogP) is 2.02. The van der Waals surface area contributed by atoms with Crippen molar-refractivity contribution >= 4 is 16.7 Å². The average Bonchev–Trinajstić information content (AvgIpc) is 2.56. The van der Waals surface area contributed by atoms with Gasteiger partial charge in [0.15, 0.2) is 0 Å². The first-order valence-electron chi connectivity index (χ1n) is 6.38. The third-order valence-corrected chi connectivity index (χ3v) is 2.71. The Bertz CT molecular complexity index is 747. The number of aromatic hydroxyl groups is 1. The quantitative estimate of drug-likeness (QED) is 0.746. The molecule has 0 fully saturated rings. The molecule has 0 aromatic carbocycles. The Morgan fingerprint density at radius 1 is 0.955 bits per heavy atom. The third kappa shape index (κ3) is 3.72. The molecule has 3 aromatic heterocycles. The third-order valence-electron chi connectivity index (χ3n) is 2.71. The van der Waals surface area contributed by atoms with Gasteiger partial charge in [0, 0.05) is 24.4 Å². The van der Waals surface area contributed by atoms with Gasteiger partial charge in [-0.15, -0.1) is 0 Å². The van der Waals surface area contributed by atoms with Crippen LogP contribution in [0.4, 0.5) is 5.69 Å². The number of rotatable bonds is 2. The van der Waals surface area contributed by atoms with Crippen LogP contribution >= 0.6 is 0 Å². The van der Waals surface area contributed by atoms with E-state index in [-0.39, 0.29) is 5.75 Å². The van der Waals surface area contributed by atoms with E-state index in [0.29, 0.717) is 28.5 Å². The zero-order valence-corrected chi connectivity index (χ0v) is 12.2. The molecule has 0 atom stereocenters. The lowest BCUT2D eigenvalue weighted by Gasteiger charge is -2.01. The molecule has 7 heteroatoms. The number of nitrogens with zero attached hydrogens (tertiary/aromatic N) is 3. The van der Waals surface area contributed by atoms with Crippen molar-refractivity contribution in [3.8, 4) is 17.5 Å². The number of methoxy groups -OCH3 is 2. The van der Waals surface area contributed by atoms with Crippen LogP contribution in [0.5, 0.6) is 17.5 Å². The van der Waals surface area contributed by atoms with Gasteiger partial charge in [0.05, 0.1) is 31.6 Å². The molecule has 22 heavy (non-hydrogen) atoms. The highest BCUT2D eigenvalue weighted by atomic mass is 16.5. The van der Waals surface area contributed by atoms with Gasteiger partial charge in [0.25, 0.3) is 0 Å². The van der Waals surface area contributed by atoms with E-state index in [4.69, 9.17) is 15.2 Å². The molecule has 0 radical (unpaired) electrons. The summed E-state index contributed by atoms with van der Waals surface area (Å²) in [5, 5.41) is 9.43. The highest BCUT2D eigenvalue weighted by Gasteiger charge is 2.02. The Balaban J connectivity index is 0.000000172. The second-order valence-corrected chi connectivity index (χ2v) is 4.19. The summed E-state index contributed by atoms with van der Waals surface area (Å²) >= 11 is 0. The largest absolute Gasteiger partial charge is 0.506 e. The first-order valence-corrected chi connectivity index (χ1v) is 6.38. The molecule has 114 valence electrons. The van der Waals surface area contributed by atoms with Gasteiger partial charge in [-0.25, -0.2) is 9.97 Å². The van der Waals surface area contributed by atoms with Crippen LogP contribution in [0.1, 0.15) is 0 Å². The Kier molecular flexibility index (Phi) is 4.92. The zero-order chi connectivity index (χ0) is 15.9. The number of fused-ring (bicyclic) bond motifs is 1. The predicted molar refractivity (Wildman–Crippen MR) is 83.0 cm³/mol. The van der Waals surface area contributed by atoms with Gasteiger partial charge in [-0.3, -0.25) is 4.98 Å². The second kappa shape index (κ2) is 7.07. The first-order chi connectivity index (χ1) is 10.6. The molecular formula is C15H16N4O3. The van der Waals surface area contributed by atoms with E-state index in [2.05, 4.69) is 15.0 Å². The van der Waals surface area contributed by atoms with Crippen molar-refractivity contribution in [1.29, 1.82) is 0 Å². The van der Waals surface area contributed by atoms with Gasteiger partial charge in [-0.05, 0) is 12.1 Å². The standard InChI is InChI=1S/C9H8N2O2.C6H8N2O/c1-13-8-3-2-6-9(11-8)7(12)4-5-10-6;1-9-6-3-2-5(7)4-8-6/h2-5H,1H3,(H,10,12);2-4H,7H2,1H3. The molecule has 0 aliphatic heterocycles. The molecule has 0 saturated heterocycles. The number of nitrogens with two attached hydrogens (primary N) is 1. The average molecular weight is 300 g/mol. The fraction of sp³-hybridized carbons (Fsp3) is 0.133. The van der Waals surface area contributed by atoms with Gasteiger partial charge in [-0.2, -0.15) is 0 Å². The summed E-state index contributed by atoms with van der Waals surface area (Å²) in [5.74, 6) is 1.17. The number of pyridine rings is 3. The second-order valence-electron chi connectivity index (χ2n) is 4.19. The lowest BCUT2D eigenvalue weighted by Crippen LogP contribution is -1.89. The van der Waals surface area contributed by atoms with Crippen LogP contribution in [0.25, 0.3) is 11.0 Å². The number of hydrogen-bond acceptors (Lipinski definition) is 7. The van der Waals surface area contributed by atoms with Crippen molar-refractivity contribution in [2.45, 2.75) is 0 Å². The Hall–Kier alpha value is -3.09. The van der Waals surface area contributed by atoms with Crippen LogP contribution in [0, 0.1) is 0 Å². The summed E-state index contributed by atoms with van der Waals surface area (Å²) < 4.78 is 9.73. The number of ether oxygens (including phenoxy) is 2. The normalized spacial score (nSPS) is 9.73. The van der Waals surface area contributed by atoms with Crippen molar-refractivity contribution in [3.05, 3.63) is 42.7 Å². The Labute approximate surface area is 127 Å². The van der Waals surface area contributed by atoms with Crippen LogP contribution in [-0.4, -0.2) is 34.3 Å². The molecule has 3 N–H and O–H groups in total. The number of nitrogen functional groups attached to an aromatic ring is 1. The molecule has 0 spiro atoms. The van der Waals surface area contributed by atoms with Crippen molar-refractivity contribution in [2.24, 2.45) is 0 Å². The molecular weight excluding hydrogens is 284 g/mol. The van der Waals surface area contributed by atoms with Crippen molar-refractivity contribution < 1.29 is 14.6 Å². The SMILES string of the molecule is COc1ccc(N)cn1.COc1ccc2nccc(O)c2n1. The summed E-state index contributed by atoms with van der Waals surface area (Å²) in [6, 6.07) is 8.41. The summed E-state index contributed by atoms with van der Waals surface area (Å²) in [5.41, 5.74) is 7.13. The van der Waals surface area contributed by atoms with Crippen molar-refractivity contribution in [1.82, 2.24) is 15.0 Å². The minimum Gasteiger partial charge on any atom is -0.506 e. The summed E-state index contributed by atoms with van der Waals surface area (Å²) in [4.78, 5) is 11.9. The molecule has 0 aliphatic rings. The molecule has 0 unspecified atom stereocenters. The van der Waals surface area contributed by atoms with Crippen molar-refractivity contribution in [2.75, 3.05) is 20.0 Å². The topological polar surface area (TPSA) is 103 Å². The zero-order valence-electron chi connectivity index (χ0n) is 12.2.